The highest BCUT2D eigenvalue weighted by atomic mass is 32.2. The van der Waals surface area contributed by atoms with Crippen LogP contribution in [0, 0.1) is 0 Å². The van der Waals surface area contributed by atoms with Crippen molar-refractivity contribution in [2.45, 2.75) is 6.61 Å². The lowest BCUT2D eigenvalue weighted by Gasteiger charge is -2.22. The van der Waals surface area contributed by atoms with Crippen LogP contribution in [0.15, 0.2) is 91.5 Å². The van der Waals surface area contributed by atoms with Crippen LogP contribution in [0.25, 0.3) is 0 Å². The Hall–Kier alpha value is -4.11. The fraction of sp³-hybridized carbons (Fsp3) is 0.154. The van der Waals surface area contributed by atoms with Crippen molar-refractivity contribution in [3.05, 3.63) is 103 Å². The maximum absolute atomic E-state index is 12.8. The zero-order valence-electron chi connectivity index (χ0n) is 19.3. The quantitative estimate of drug-likeness (QED) is 0.397. The van der Waals surface area contributed by atoms with E-state index in [1.807, 2.05) is 30.3 Å². The van der Waals surface area contributed by atoms with E-state index < -0.39 is 22.5 Å². The molecule has 0 fully saturated rings. The number of sulfonamides is 1. The molecule has 0 unspecified atom stereocenters. The number of anilines is 2. The predicted molar refractivity (Wildman–Crippen MR) is 137 cm³/mol. The van der Waals surface area contributed by atoms with Gasteiger partial charge in [0.1, 0.15) is 18.9 Å². The molecule has 0 aliphatic carbocycles. The van der Waals surface area contributed by atoms with Crippen LogP contribution < -0.4 is 19.7 Å². The van der Waals surface area contributed by atoms with E-state index in [1.165, 1.54) is 0 Å². The molecule has 0 aliphatic rings. The zero-order valence-corrected chi connectivity index (χ0v) is 20.1. The Bertz CT molecular complexity index is 1280. The first-order valence-corrected chi connectivity index (χ1v) is 12.6. The van der Waals surface area contributed by atoms with E-state index in [9.17, 15) is 18.0 Å². The van der Waals surface area contributed by atoms with E-state index in [0.717, 1.165) is 16.1 Å². The van der Waals surface area contributed by atoms with Crippen LogP contribution in [0.4, 0.5) is 11.4 Å². The number of rotatable bonds is 11. The first-order chi connectivity index (χ1) is 16.8. The predicted octanol–water partition coefficient (Wildman–Crippen LogP) is 3.59. The molecular weight excluding hydrogens is 466 g/mol. The molecule has 0 radical (unpaired) electrons. The van der Waals surface area contributed by atoms with Gasteiger partial charge in [0.15, 0.2) is 0 Å². The molecule has 0 saturated heterocycles. The van der Waals surface area contributed by atoms with Gasteiger partial charge in [0.2, 0.25) is 15.9 Å². The Balaban J connectivity index is 1.70. The Morgan fingerprint density at radius 2 is 1.63 bits per heavy atom. The Morgan fingerprint density at radius 1 is 0.971 bits per heavy atom. The van der Waals surface area contributed by atoms with Gasteiger partial charge in [-0.05, 0) is 42.0 Å². The second kappa shape index (κ2) is 11.8. The minimum absolute atomic E-state index is 0.258. The molecule has 182 valence electrons. The highest BCUT2D eigenvalue weighted by molar-refractivity contribution is 7.92. The standard InChI is InChI=1S/C26H27N3O5S/c1-3-17-27-26(31)23-11-7-8-12-24(23)28-25(30)18-29(35(2,32)33)21-13-15-22(16-14-21)34-19-20-9-5-4-6-10-20/h3-16H,1,17-19H2,2H3,(H,27,31)(H,28,30). The molecule has 9 heteroatoms. The summed E-state index contributed by atoms with van der Waals surface area (Å²) < 4.78 is 31.6. The monoisotopic (exact) mass is 493 g/mol. The third kappa shape index (κ3) is 7.44. The van der Waals surface area contributed by atoms with Gasteiger partial charge in [-0.25, -0.2) is 8.42 Å². The Kier molecular flexibility index (Phi) is 8.63. The number of amides is 2. The maximum atomic E-state index is 12.8. The SMILES string of the molecule is C=CCNC(=O)c1ccccc1NC(=O)CN(c1ccc(OCc2ccccc2)cc1)S(C)(=O)=O. The summed E-state index contributed by atoms with van der Waals surface area (Å²) in [6.45, 7) is 3.73. The summed E-state index contributed by atoms with van der Waals surface area (Å²) in [6.07, 6.45) is 2.57. The molecule has 2 amide bonds. The summed E-state index contributed by atoms with van der Waals surface area (Å²) >= 11 is 0. The van der Waals surface area contributed by atoms with Crippen LogP contribution in [0.2, 0.25) is 0 Å². The number of benzene rings is 3. The molecule has 0 bridgehead atoms. The van der Waals surface area contributed by atoms with Crippen LogP contribution >= 0.6 is 0 Å². The topological polar surface area (TPSA) is 105 Å². The Morgan fingerprint density at radius 3 is 2.29 bits per heavy atom. The van der Waals surface area contributed by atoms with E-state index >= 15 is 0 Å². The van der Waals surface area contributed by atoms with Gasteiger partial charge in [0.25, 0.3) is 5.91 Å². The third-order valence-electron chi connectivity index (χ3n) is 4.91. The van der Waals surface area contributed by atoms with Crippen LogP contribution in [0.3, 0.4) is 0 Å². The molecule has 3 aromatic rings. The van der Waals surface area contributed by atoms with Crippen LogP contribution in [0.1, 0.15) is 15.9 Å². The smallest absolute Gasteiger partial charge is 0.253 e. The van der Waals surface area contributed by atoms with E-state index in [4.69, 9.17) is 4.74 Å². The van der Waals surface area contributed by atoms with Gasteiger partial charge in [-0.1, -0.05) is 48.5 Å². The minimum atomic E-state index is -3.77. The summed E-state index contributed by atoms with van der Waals surface area (Å²) in [5, 5.41) is 5.29. The van der Waals surface area contributed by atoms with Crippen LogP contribution in [-0.4, -0.2) is 39.6 Å². The van der Waals surface area contributed by atoms with Crippen molar-refractivity contribution in [3.63, 3.8) is 0 Å². The fourth-order valence-corrected chi connectivity index (χ4v) is 4.08. The molecule has 3 aromatic carbocycles. The molecular formula is C26H27N3O5S. The van der Waals surface area contributed by atoms with Crippen LogP contribution in [-0.2, 0) is 21.4 Å². The molecule has 0 saturated carbocycles. The highest BCUT2D eigenvalue weighted by Gasteiger charge is 2.22. The molecule has 35 heavy (non-hydrogen) atoms. The summed E-state index contributed by atoms with van der Waals surface area (Å²) in [7, 11) is -3.77. The van der Waals surface area contributed by atoms with Crippen molar-refractivity contribution in [2.75, 3.05) is 29.0 Å². The van der Waals surface area contributed by atoms with Gasteiger partial charge in [0, 0.05) is 6.54 Å². The summed E-state index contributed by atoms with van der Waals surface area (Å²) in [6, 6.07) is 22.6. The molecule has 0 atom stereocenters. The third-order valence-corrected chi connectivity index (χ3v) is 6.05. The number of carbonyl (C=O) groups is 2. The number of para-hydroxylation sites is 1. The highest BCUT2D eigenvalue weighted by Crippen LogP contribution is 2.23. The normalized spacial score (nSPS) is 10.8. The van der Waals surface area contributed by atoms with E-state index in [1.54, 1.807) is 54.6 Å². The first-order valence-electron chi connectivity index (χ1n) is 10.8. The number of hydrogen-bond acceptors (Lipinski definition) is 5. The summed E-state index contributed by atoms with van der Waals surface area (Å²) in [4.78, 5) is 25.1. The van der Waals surface area contributed by atoms with Crippen molar-refractivity contribution in [3.8, 4) is 5.75 Å². The number of carbonyl (C=O) groups excluding carboxylic acids is 2. The molecule has 0 aromatic heterocycles. The molecule has 0 heterocycles. The number of hydrogen-bond donors (Lipinski definition) is 2. The molecule has 3 rings (SSSR count). The van der Waals surface area contributed by atoms with Crippen LogP contribution in [0.5, 0.6) is 5.75 Å². The lowest BCUT2D eigenvalue weighted by Crippen LogP contribution is -2.37. The molecule has 8 nitrogen and oxygen atoms in total. The van der Waals surface area contributed by atoms with Crippen molar-refractivity contribution in [2.24, 2.45) is 0 Å². The van der Waals surface area contributed by atoms with Gasteiger partial charge < -0.3 is 15.4 Å². The lowest BCUT2D eigenvalue weighted by atomic mass is 10.1. The first kappa shape index (κ1) is 25.5. The fourth-order valence-electron chi connectivity index (χ4n) is 3.22. The second-order valence-corrected chi connectivity index (χ2v) is 9.54. The number of ether oxygens (including phenoxy) is 1. The van der Waals surface area contributed by atoms with Gasteiger partial charge in [-0.3, -0.25) is 13.9 Å². The Labute approximate surface area is 205 Å². The van der Waals surface area contributed by atoms with Crippen molar-refractivity contribution in [1.29, 1.82) is 0 Å². The average Bonchev–Trinajstić information content (AvgIpc) is 2.85. The lowest BCUT2D eigenvalue weighted by molar-refractivity contribution is -0.114. The van der Waals surface area contributed by atoms with Crippen molar-refractivity contribution < 1.29 is 22.7 Å². The van der Waals surface area contributed by atoms with E-state index in [-0.39, 0.29) is 23.7 Å². The van der Waals surface area contributed by atoms with Crippen molar-refractivity contribution in [1.82, 2.24) is 5.32 Å². The van der Waals surface area contributed by atoms with Gasteiger partial charge in [0.05, 0.1) is 23.2 Å². The maximum Gasteiger partial charge on any atom is 0.253 e. The molecule has 0 spiro atoms. The summed E-state index contributed by atoms with van der Waals surface area (Å²) in [5.74, 6) is -0.411. The number of nitrogens with one attached hydrogen (secondary N) is 2. The average molecular weight is 494 g/mol. The van der Waals surface area contributed by atoms with Crippen molar-refractivity contribution >= 4 is 33.2 Å². The van der Waals surface area contributed by atoms with Gasteiger partial charge >= 0.3 is 0 Å². The van der Waals surface area contributed by atoms with Gasteiger partial charge in [-0.2, -0.15) is 0 Å². The van der Waals surface area contributed by atoms with E-state index in [0.29, 0.717) is 18.0 Å². The largest absolute Gasteiger partial charge is 0.489 e. The molecule has 0 aliphatic heterocycles. The minimum Gasteiger partial charge on any atom is -0.489 e. The number of nitrogens with zero attached hydrogens (tertiary/aromatic N) is 1. The van der Waals surface area contributed by atoms with Gasteiger partial charge in [-0.15, -0.1) is 6.58 Å². The second-order valence-electron chi connectivity index (χ2n) is 7.63. The van der Waals surface area contributed by atoms with E-state index in [2.05, 4.69) is 17.2 Å². The molecule has 2 N–H and O–H groups in total. The summed E-state index contributed by atoms with van der Waals surface area (Å²) in [5.41, 5.74) is 1.85. The zero-order chi connectivity index (χ0) is 25.3.